The number of sulfonamides is 1. The second kappa shape index (κ2) is 12.9. The first-order chi connectivity index (χ1) is 22.6. The normalized spacial score (nSPS) is 14.7. The van der Waals surface area contributed by atoms with Crippen molar-refractivity contribution in [1.29, 1.82) is 0 Å². The van der Waals surface area contributed by atoms with Crippen molar-refractivity contribution in [2.75, 3.05) is 27.1 Å². The first kappa shape index (κ1) is 31.8. The van der Waals surface area contributed by atoms with Crippen molar-refractivity contribution >= 4 is 44.4 Å². The van der Waals surface area contributed by atoms with Gasteiger partial charge in [-0.05, 0) is 60.2 Å². The minimum Gasteiger partial charge on any atom is -0.497 e. The maximum atomic E-state index is 13.8. The van der Waals surface area contributed by atoms with E-state index in [0.717, 1.165) is 22.9 Å². The average Bonchev–Trinajstić information content (AvgIpc) is 3.72. The monoisotopic (exact) mass is 675 g/mol. The third kappa shape index (κ3) is 6.30. The summed E-state index contributed by atoms with van der Waals surface area (Å²) in [5, 5.41) is 16.0. The number of amides is 1. The largest absolute Gasteiger partial charge is 0.497 e. The van der Waals surface area contributed by atoms with E-state index in [1.54, 1.807) is 27.4 Å². The molecule has 3 heterocycles. The Labute approximate surface area is 273 Å². The second-order valence-corrected chi connectivity index (χ2v) is 12.8. The number of aromatic amines is 1. The number of hydrogen-bond acceptors (Lipinski definition) is 11. The molecule has 0 bridgehead atoms. The Bertz CT molecular complexity index is 2160. The third-order valence-electron chi connectivity index (χ3n) is 7.54. The summed E-state index contributed by atoms with van der Waals surface area (Å²) in [6.07, 6.45) is 1.77. The summed E-state index contributed by atoms with van der Waals surface area (Å²) in [4.78, 5) is 34.0. The van der Waals surface area contributed by atoms with Crippen molar-refractivity contribution in [3.63, 3.8) is 0 Å². The van der Waals surface area contributed by atoms with Crippen LogP contribution >= 0.6 is 11.8 Å². The fraction of sp³-hybridized carbons (Fsp3) is 0.194. The maximum absolute atomic E-state index is 13.8. The van der Waals surface area contributed by atoms with Crippen molar-refractivity contribution in [2.45, 2.75) is 22.5 Å². The summed E-state index contributed by atoms with van der Waals surface area (Å²) >= 11 is 1.04. The number of para-hydroxylation sites is 1. The number of thioether (sulfide) groups is 1. The number of primary sulfonamides is 1. The molecule has 3 aromatic carbocycles. The Morgan fingerprint density at radius 3 is 2.43 bits per heavy atom. The fourth-order valence-corrected chi connectivity index (χ4v) is 6.47. The summed E-state index contributed by atoms with van der Waals surface area (Å²) in [5.74, 6) is 1.29. The lowest BCUT2D eigenvalue weighted by atomic mass is 9.97. The van der Waals surface area contributed by atoms with E-state index in [-0.39, 0.29) is 32.7 Å². The zero-order chi connectivity index (χ0) is 33.3. The molecule has 47 heavy (non-hydrogen) atoms. The van der Waals surface area contributed by atoms with E-state index in [2.05, 4.69) is 15.1 Å². The lowest BCUT2D eigenvalue weighted by molar-refractivity contribution is -0.130. The highest BCUT2D eigenvalue weighted by atomic mass is 32.2. The maximum Gasteiger partial charge on any atom is 0.262 e. The molecule has 1 atom stereocenters. The van der Waals surface area contributed by atoms with E-state index in [1.165, 1.54) is 40.2 Å². The van der Waals surface area contributed by atoms with Gasteiger partial charge in [0.15, 0.2) is 22.3 Å². The standard InChI is InChI=1S/C31H29N7O7S2/c1-43-20-11-7-18(8-12-20)24-15-25(22-5-4-6-26(44-2)28(22)45-3)38(36-24)27(39)17-46-31-34-29-23(30(40)35-31)16-33-37(29)19-9-13-21(14-10-19)47(32,41)42/h4-14,16,25H,15,17H2,1-3H3,(H2,32,41,42)(H,34,35,40)/t25-/m1/s1. The van der Waals surface area contributed by atoms with Crippen molar-refractivity contribution in [1.82, 2.24) is 24.8 Å². The summed E-state index contributed by atoms with van der Waals surface area (Å²) in [7, 11) is 0.794. The Hall–Kier alpha value is -5.19. The molecular weight excluding hydrogens is 647 g/mol. The number of fused-ring (bicyclic) bond motifs is 1. The number of carbonyl (C=O) groups excluding carboxylic acids is 1. The van der Waals surface area contributed by atoms with Crippen LogP contribution in [0.2, 0.25) is 0 Å². The molecule has 6 rings (SSSR count). The number of rotatable bonds is 10. The Morgan fingerprint density at radius 1 is 1.02 bits per heavy atom. The van der Waals surface area contributed by atoms with Crippen LogP contribution in [0.5, 0.6) is 17.2 Å². The van der Waals surface area contributed by atoms with E-state index >= 15 is 0 Å². The molecule has 0 saturated carbocycles. The zero-order valence-electron chi connectivity index (χ0n) is 25.4. The van der Waals surface area contributed by atoms with Gasteiger partial charge in [0, 0.05) is 12.0 Å². The Balaban J connectivity index is 1.30. The van der Waals surface area contributed by atoms with Gasteiger partial charge >= 0.3 is 0 Å². The third-order valence-corrected chi connectivity index (χ3v) is 9.33. The molecule has 16 heteroatoms. The lowest BCUT2D eigenvalue weighted by Crippen LogP contribution is -2.29. The number of ether oxygens (including phenoxy) is 3. The highest BCUT2D eigenvalue weighted by molar-refractivity contribution is 7.99. The molecule has 1 aliphatic rings. The van der Waals surface area contributed by atoms with Gasteiger partial charge in [-0.25, -0.2) is 28.2 Å². The first-order valence-corrected chi connectivity index (χ1v) is 16.6. The highest BCUT2D eigenvalue weighted by Crippen LogP contribution is 2.42. The Morgan fingerprint density at radius 2 is 1.77 bits per heavy atom. The summed E-state index contributed by atoms with van der Waals surface area (Å²) < 4.78 is 41.2. The molecule has 0 fully saturated rings. The van der Waals surface area contributed by atoms with E-state index in [4.69, 9.17) is 24.5 Å². The molecule has 242 valence electrons. The number of benzene rings is 3. The van der Waals surface area contributed by atoms with Gasteiger partial charge in [0.1, 0.15) is 11.1 Å². The number of H-pyrrole nitrogens is 1. The molecule has 3 N–H and O–H groups in total. The van der Waals surface area contributed by atoms with Gasteiger partial charge in [-0.1, -0.05) is 23.9 Å². The van der Waals surface area contributed by atoms with Crippen molar-refractivity contribution in [3.05, 3.63) is 94.4 Å². The van der Waals surface area contributed by atoms with Crippen LogP contribution in [0.3, 0.4) is 0 Å². The number of nitrogens with two attached hydrogens (primary N) is 1. The molecule has 2 aromatic heterocycles. The van der Waals surface area contributed by atoms with Gasteiger partial charge in [-0.15, -0.1) is 0 Å². The van der Waals surface area contributed by atoms with E-state index in [0.29, 0.717) is 35.1 Å². The van der Waals surface area contributed by atoms with Crippen molar-refractivity contribution < 1.29 is 27.4 Å². The van der Waals surface area contributed by atoms with Gasteiger partial charge < -0.3 is 19.2 Å². The van der Waals surface area contributed by atoms with E-state index in [9.17, 15) is 18.0 Å². The number of hydrogen-bond donors (Lipinski definition) is 2. The van der Waals surface area contributed by atoms with Crippen molar-refractivity contribution in [3.8, 4) is 22.9 Å². The van der Waals surface area contributed by atoms with Crippen LogP contribution in [0.15, 0.2) is 92.9 Å². The smallest absolute Gasteiger partial charge is 0.262 e. The first-order valence-electron chi connectivity index (χ1n) is 14.1. The molecule has 1 aliphatic heterocycles. The summed E-state index contributed by atoms with van der Waals surface area (Å²) in [5.41, 5.74) is 2.51. The second-order valence-electron chi connectivity index (χ2n) is 10.3. The summed E-state index contributed by atoms with van der Waals surface area (Å²) in [6.45, 7) is 0. The van der Waals surface area contributed by atoms with Crippen LogP contribution in [-0.2, 0) is 14.8 Å². The van der Waals surface area contributed by atoms with E-state index in [1.807, 2.05) is 36.4 Å². The number of nitrogens with one attached hydrogen (secondary N) is 1. The average molecular weight is 676 g/mol. The van der Waals surface area contributed by atoms with Crippen LogP contribution in [0.4, 0.5) is 0 Å². The number of nitrogens with zero attached hydrogens (tertiary/aromatic N) is 5. The topological polar surface area (TPSA) is 184 Å². The number of carbonyl (C=O) groups is 1. The number of methoxy groups -OCH3 is 3. The molecule has 14 nitrogen and oxygen atoms in total. The number of hydrazone groups is 1. The van der Waals surface area contributed by atoms with Crippen molar-refractivity contribution in [2.24, 2.45) is 10.2 Å². The van der Waals surface area contributed by atoms with Crippen LogP contribution in [0.1, 0.15) is 23.6 Å². The van der Waals surface area contributed by atoms with Gasteiger partial charge in [-0.3, -0.25) is 9.59 Å². The van der Waals surface area contributed by atoms with Crippen LogP contribution in [-0.4, -0.2) is 71.9 Å². The molecule has 0 aliphatic carbocycles. The molecule has 0 unspecified atom stereocenters. The van der Waals surface area contributed by atoms with Crippen LogP contribution in [0, 0.1) is 0 Å². The van der Waals surface area contributed by atoms with Gasteiger partial charge in [0.2, 0.25) is 10.0 Å². The lowest BCUT2D eigenvalue weighted by Gasteiger charge is -2.24. The minimum absolute atomic E-state index is 0.0668. The molecule has 0 saturated heterocycles. The molecule has 1 amide bonds. The van der Waals surface area contributed by atoms with Crippen LogP contribution < -0.4 is 24.9 Å². The SMILES string of the molecule is COc1ccc(C2=NN(C(=O)CSc3nc4c(cnn4-c4ccc(S(N)(=O)=O)cc4)c(=O)[nH]3)[C@@H](c3cccc(OC)c3OC)C2)cc1. The van der Waals surface area contributed by atoms with Crippen LogP contribution in [0.25, 0.3) is 16.7 Å². The predicted octanol–water partition coefficient (Wildman–Crippen LogP) is 3.25. The van der Waals surface area contributed by atoms with Gasteiger partial charge in [-0.2, -0.15) is 10.2 Å². The predicted molar refractivity (Wildman–Crippen MR) is 175 cm³/mol. The molecule has 0 spiro atoms. The van der Waals surface area contributed by atoms with Gasteiger partial charge in [0.05, 0.1) is 55.6 Å². The fourth-order valence-electron chi connectivity index (χ4n) is 5.24. The zero-order valence-corrected chi connectivity index (χ0v) is 27.0. The number of aromatic nitrogens is 4. The van der Waals surface area contributed by atoms with Gasteiger partial charge in [0.25, 0.3) is 11.5 Å². The molecule has 5 aromatic rings. The molecular formula is C31H29N7O7S2. The Kier molecular flexibility index (Phi) is 8.72. The highest BCUT2D eigenvalue weighted by Gasteiger charge is 2.35. The molecule has 0 radical (unpaired) electrons. The quantitative estimate of drug-likeness (QED) is 0.165. The minimum atomic E-state index is -3.89. The summed E-state index contributed by atoms with van der Waals surface area (Å²) in [6, 6.07) is 18.1. The van der Waals surface area contributed by atoms with E-state index < -0.39 is 21.6 Å².